The number of hydrogen-bond acceptors (Lipinski definition) is 17. The van der Waals surface area contributed by atoms with Crippen LogP contribution >= 0.6 is 0 Å². The van der Waals surface area contributed by atoms with E-state index >= 15 is 0 Å². The van der Waals surface area contributed by atoms with Gasteiger partial charge in [0.2, 0.25) is 12.2 Å². The molecule has 0 spiro atoms. The lowest BCUT2D eigenvalue weighted by molar-refractivity contribution is -0.289. The fourth-order valence-electron chi connectivity index (χ4n) is 9.05. The van der Waals surface area contributed by atoms with Gasteiger partial charge in [-0.3, -0.25) is 30.8 Å². The quantitative estimate of drug-likeness (QED) is 0.101. The maximum atomic E-state index is 14.5. The Kier molecular flexibility index (Phi) is 11.5. The van der Waals surface area contributed by atoms with Crippen molar-refractivity contribution in [3.05, 3.63) is 112 Å². The molecule has 322 valence electrons. The molecule has 0 aromatic heterocycles. The second kappa shape index (κ2) is 17.2. The lowest BCUT2D eigenvalue weighted by Crippen LogP contribution is -2.70. The first kappa shape index (κ1) is 41.0. The van der Waals surface area contributed by atoms with E-state index in [1.807, 2.05) is 35.2 Å². The first-order valence-corrected chi connectivity index (χ1v) is 20.4. The molecule has 5 aliphatic heterocycles. The average Bonchev–Trinajstić information content (AvgIpc) is 3.67. The van der Waals surface area contributed by atoms with Crippen LogP contribution in [0.15, 0.2) is 78.1 Å². The van der Waals surface area contributed by atoms with Crippen LogP contribution in [0.1, 0.15) is 61.7 Å². The van der Waals surface area contributed by atoms with Crippen LogP contribution in [-0.4, -0.2) is 128 Å². The van der Waals surface area contributed by atoms with Crippen molar-refractivity contribution in [2.24, 2.45) is 11.5 Å². The van der Waals surface area contributed by atoms with Crippen molar-refractivity contribution in [3.63, 3.8) is 0 Å². The van der Waals surface area contributed by atoms with Gasteiger partial charge in [0, 0.05) is 47.0 Å². The second-order valence-corrected chi connectivity index (χ2v) is 15.7. The van der Waals surface area contributed by atoms with Crippen molar-refractivity contribution in [3.8, 4) is 11.5 Å². The van der Waals surface area contributed by atoms with Gasteiger partial charge in [-0.1, -0.05) is 48.5 Å². The predicted molar refractivity (Wildman–Crippen MR) is 217 cm³/mol. The van der Waals surface area contributed by atoms with Gasteiger partial charge in [-0.15, -0.1) is 0 Å². The van der Waals surface area contributed by atoms with Gasteiger partial charge in [-0.25, -0.2) is 0 Å². The summed E-state index contributed by atoms with van der Waals surface area (Å²) in [6.45, 7) is 0.198. The number of anilines is 1. The third-order valence-corrected chi connectivity index (χ3v) is 12.0. The molecule has 0 unspecified atom stereocenters. The fraction of sp³-hybridized carbons (Fsp3) is 0.419. The predicted octanol–water partition coefficient (Wildman–Crippen LogP) is -0.661. The Morgan fingerprint density at radius 3 is 2.54 bits per heavy atom. The summed E-state index contributed by atoms with van der Waals surface area (Å²) >= 11 is 0. The molecule has 3 aromatic rings. The number of amides is 1. The summed E-state index contributed by atoms with van der Waals surface area (Å²) < 4.78 is 32.0. The number of fused-ring (bicyclic) bond motifs is 6. The number of dihydropyridines is 1. The van der Waals surface area contributed by atoms with E-state index < -0.39 is 73.3 Å². The van der Waals surface area contributed by atoms with Crippen molar-refractivity contribution in [2.45, 2.75) is 68.0 Å². The first-order chi connectivity index (χ1) is 29.6. The van der Waals surface area contributed by atoms with Gasteiger partial charge in [-0.2, -0.15) is 0 Å². The van der Waals surface area contributed by atoms with E-state index in [1.165, 1.54) is 0 Å². The van der Waals surface area contributed by atoms with E-state index in [9.17, 15) is 29.7 Å². The Labute approximate surface area is 350 Å². The topological polar surface area (TPSA) is 261 Å². The number of hydrogen-bond donors (Lipinski definition) is 9. The highest BCUT2D eigenvalue weighted by atomic mass is 16.7. The minimum absolute atomic E-state index is 0.0155. The van der Waals surface area contributed by atoms with E-state index in [0.29, 0.717) is 24.4 Å². The van der Waals surface area contributed by atoms with E-state index in [0.717, 1.165) is 16.8 Å². The summed E-state index contributed by atoms with van der Waals surface area (Å²) in [5.74, 6) is -1.37. The van der Waals surface area contributed by atoms with Crippen LogP contribution in [-0.2, 0) is 19.0 Å². The van der Waals surface area contributed by atoms with Crippen LogP contribution in [0.3, 0.4) is 0 Å². The minimum Gasteiger partial charge on any atom is -0.486 e. The van der Waals surface area contributed by atoms with E-state index in [2.05, 4.69) is 21.3 Å². The summed E-state index contributed by atoms with van der Waals surface area (Å²) in [5, 5.41) is 45.4. The molecule has 6 aliphatic rings. The normalized spacial score (nSPS) is 29.6. The molecule has 61 heavy (non-hydrogen) atoms. The Morgan fingerprint density at radius 1 is 0.951 bits per heavy atom. The summed E-state index contributed by atoms with van der Waals surface area (Å²) in [6.07, 6.45) is -3.54. The minimum atomic E-state index is -1.51. The van der Waals surface area contributed by atoms with Crippen molar-refractivity contribution in [2.75, 3.05) is 51.1 Å². The number of para-hydroxylation sites is 1. The Hall–Kier alpha value is -5.41. The number of benzene rings is 3. The van der Waals surface area contributed by atoms with Gasteiger partial charge in [-0.05, 0) is 42.2 Å². The monoisotopic (exact) mass is 839 g/mol. The average molecular weight is 840 g/mol. The largest absolute Gasteiger partial charge is 0.486 e. The van der Waals surface area contributed by atoms with Crippen LogP contribution in [0.2, 0.25) is 0 Å². The lowest BCUT2D eigenvalue weighted by Gasteiger charge is -2.42. The van der Waals surface area contributed by atoms with Crippen molar-refractivity contribution < 1.29 is 53.4 Å². The number of aliphatic hydroxyl groups is 3. The zero-order valence-corrected chi connectivity index (χ0v) is 33.1. The molecule has 0 radical (unpaired) electrons. The summed E-state index contributed by atoms with van der Waals surface area (Å²) in [6, 6.07) is 15.2. The zero-order valence-electron chi connectivity index (χ0n) is 33.1. The molecular formula is C43H49N7O11. The Morgan fingerprint density at radius 2 is 1.74 bits per heavy atom. The van der Waals surface area contributed by atoms with Gasteiger partial charge >= 0.3 is 0 Å². The van der Waals surface area contributed by atoms with Gasteiger partial charge in [0.05, 0.1) is 37.9 Å². The molecule has 9 rings (SSSR count). The molecule has 5 heterocycles. The maximum absolute atomic E-state index is 14.5. The molecule has 18 heteroatoms. The van der Waals surface area contributed by atoms with E-state index in [1.54, 1.807) is 36.4 Å². The number of nitrogens with two attached hydrogens (primary N) is 2. The number of rotatable bonds is 9. The smallest absolute Gasteiger partial charge is 0.242 e. The molecule has 3 aromatic carbocycles. The summed E-state index contributed by atoms with van der Waals surface area (Å²) in [7, 11) is 0. The molecular weight excluding hydrogens is 791 g/mol. The SMILES string of the molecule is NC1=CC(CCO[C@@H]2[C@H]3Oc4c(cc5c(c4OCCO)C(=O)c4ccccc4C5=O)[C@H](c4ccccc4N4CN[C@H]5C(=O)N[C@H](N)N[C@H]54)CCOC[C@H](O3)[C@H](O)[C@H]2O)=CCN1. The summed E-state index contributed by atoms with van der Waals surface area (Å²) in [5.41, 5.74) is 15.4. The molecule has 0 saturated carbocycles. The van der Waals surface area contributed by atoms with Crippen LogP contribution in [0.25, 0.3) is 0 Å². The molecule has 1 amide bonds. The third-order valence-electron chi connectivity index (χ3n) is 12.0. The number of ether oxygens (including phenoxy) is 5. The van der Waals surface area contributed by atoms with Gasteiger partial charge in [0.15, 0.2) is 23.1 Å². The second-order valence-electron chi connectivity index (χ2n) is 15.7. The molecule has 1 aliphatic carbocycles. The zero-order chi connectivity index (χ0) is 42.4. The van der Waals surface area contributed by atoms with Crippen molar-refractivity contribution in [1.29, 1.82) is 0 Å². The number of allylic oxidation sites excluding steroid dienone is 1. The highest BCUT2D eigenvalue weighted by molar-refractivity contribution is 6.29. The number of ketones is 2. The summed E-state index contributed by atoms with van der Waals surface area (Å²) in [4.78, 5) is 44.0. The van der Waals surface area contributed by atoms with E-state index in [-0.39, 0.29) is 79.2 Å². The maximum Gasteiger partial charge on any atom is 0.242 e. The lowest BCUT2D eigenvalue weighted by atomic mass is 9.79. The molecule has 11 N–H and O–H groups in total. The Bertz CT molecular complexity index is 2270. The first-order valence-electron chi connectivity index (χ1n) is 20.4. The highest BCUT2D eigenvalue weighted by Crippen LogP contribution is 2.49. The molecule has 3 fully saturated rings. The highest BCUT2D eigenvalue weighted by Gasteiger charge is 2.49. The van der Waals surface area contributed by atoms with Gasteiger partial charge in [0.1, 0.15) is 49.5 Å². The number of aliphatic hydroxyl groups excluding tert-OH is 3. The van der Waals surface area contributed by atoms with Crippen LogP contribution in [0.5, 0.6) is 11.5 Å². The van der Waals surface area contributed by atoms with Gasteiger partial charge in [0.25, 0.3) is 0 Å². The van der Waals surface area contributed by atoms with Crippen molar-refractivity contribution >= 4 is 23.2 Å². The number of nitrogens with one attached hydrogen (secondary N) is 4. The Balaban J connectivity index is 1.20. The van der Waals surface area contributed by atoms with E-state index in [4.69, 9.17) is 35.2 Å². The number of carbonyl (C=O) groups excluding carboxylic acids is 3. The molecule has 3 saturated heterocycles. The molecule has 9 atom stereocenters. The molecule has 2 bridgehead atoms. The molecule has 18 nitrogen and oxygen atoms in total. The van der Waals surface area contributed by atoms with Crippen LogP contribution in [0.4, 0.5) is 5.69 Å². The third kappa shape index (κ3) is 7.64. The van der Waals surface area contributed by atoms with Crippen molar-refractivity contribution in [1.82, 2.24) is 21.3 Å². The number of nitrogens with zero attached hydrogens (tertiary/aromatic N) is 1. The van der Waals surface area contributed by atoms with Crippen LogP contribution in [0, 0.1) is 0 Å². The van der Waals surface area contributed by atoms with Gasteiger partial charge < -0.3 is 60.3 Å². The standard InChI is InChI=1S/C43H49N7O11/c44-30-17-21(9-12-46-30)10-15-58-39-36(55)35(54)29-19-57-14-11-22(23-5-3-4-8-28(23)50-20-47-32-40(50)48-43(45)49-41(32)56)26-18-27-31(34(53)25-7-2-1-6-24(25)33(27)52)38(59-16-13-51)37(26)61-42(39)60-29/h1-9,17-18,22,29,32,35-36,39-40,42-43,46-48,51,54-55H,10-16,19-20,44-45H2,(H,49,56)/t22-,29-,32+,35-,36+,39-,40-,42+,43+/m0/s1. The number of carbonyl (C=O) groups is 3. The fourth-order valence-corrected chi connectivity index (χ4v) is 9.05. The van der Waals surface area contributed by atoms with Crippen LogP contribution < -0.4 is 47.1 Å².